The zero-order chi connectivity index (χ0) is 13.0. The molecular formula is C14H20N2O2. The summed E-state index contributed by atoms with van der Waals surface area (Å²) in [6.07, 6.45) is 1.36. The van der Waals surface area contributed by atoms with Gasteiger partial charge in [0.25, 0.3) is 0 Å². The Morgan fingerprint density at radius 3 is 3.06 bits per heavy atom. The van der Waals surface area contributed by atoms with Gasteiger partial charge in [0.05, 0.1) is 18.7 Å². The van der Waals surface area contributed by atoms with E-state index in [0.29, 0.717) is 19.1 Å². The number of hydrogen-bond donors (Lipinski definition) is 2. The van der Waals surface area contributed by atoms with Gasteiger partial charge < -0.3 is 15.4 Å². The topological polar surface area (TPSA) is 50.4 Å². The van der Waals surface area contributed by atoms with Crippen LogP contribution in [0.4, 0.5) is 5.69 Å². The first-order valence-electron chi connectivity index (χ1n) is 6.44. The van der Waals surface area contributed by atoms with Crippen LogP contribution < -0.4 is 15.4 Å². The predicted molar refractivity (Wildman–Crippen MR) is 72.0 cm³/mol. The molecule has 0 atom stereocenters. The van der Waals surface area contributed by atoms with E-state index in [1.165, 1.54) is 5.56 Å². The van der Waals surface area contributed by atoms with Crippen molar-refractivity contribution in [3.8, 4) is 5.75 Å². The van der Waals surface area contributed by atoms with E-state index in [-0.39, 0.29) is 5.91 Å². The lowest BCUT2D eigenvalue weighted by Crippen LogP contribution is -2.24. The minimum absolute atomic E-state index is 0.0196. The number of anilines is 1. The first kappa shape index (κ1) is 12.9. The molecule has 1 aromatic carbocycles. The van der Waals surface area contributed by atoms with Gasteiger partial charge in [-0.2, -0.15) is 0 Å². The van der Waals surface area contributed by atoms with Gasteiger partial charge >= 0.3 is 0 Å². The molecule has 2 N–H and O–H groups in total. The van der Waals surface area contributed by atoms with E-state index in [9.17, 15) is 4.79 Å². The first-order chi connectivity index (χ1) is 8.65. The number of amides is 1. The molecule has 0 bridgehead atoms. The van der Waals surface area contributed by atoms with E-state index in [4.69, 9.17) is 4.74 Å². The third-order valence-electron chi connectivity index (χ3n) is 2.87. The summed E-state index contributed by atoms with van der Waals surface area (Å²) in [6, 6.07) is 6.48. The molecule has 98 valence electrons. The van der Waals surface area contributed by atoms with E-state index >= 15 is 0 Å². The number of nitrogens with one attached hydrogen (secondary N) is 2. The number of fused-ring (bicyclic) bond motifs is 1. The maximum atomic E-state index is 11.5. The van der Waals surface area contributed by atoms with Crippen molar-refractivity contribution in [2.24, 2.45) is 0 Å². The van der Waals surface area contributed by atoms with Gasteiger partial charge in [0, 0.05) is 6.04 Å². The van der Waals surface area contributed by atoms with E-state index < -0.39 is 0 Å². The van der Waals surface area contributed by atoms with Gasteiger partial charge in [-0.05, 0) is 30.7 Å². The third-order valence-corrected chi connectivity index (χ3v) is 2.87. The molecule has 1 amide bonds. The second-order valence-corrected chi connectivity index (χ2v) is 4.84. The molecule has 1 heterocycles. The monoisotopic (exact) mass is 248 g/mol. The molecule has 1 aromatic rings. The standard InChI is InChI=1S/C14H20N2O2/c1-10(2)15-7-5-11-3-4-13-12(9-11)16-14(17)6-8-18-13/h3-4,9-10,15H,5-8H2,1-2H3,(H,16,17). The van der Waals surface area contributed by atoms with Crippen LogP contribution >= 0.6 is 0 Å². The molecule has 0 radical (unpaired) electrons. The maximum absolute atomic E-state index is 11.5. The Labute approximate surface area is 108 Å². The molecule has 0 fully saturated rings. The van der Waals surface area contributed by atoms with Crippen LogP contribution in [-0.4, -0.2) is 25.1 Å². The van der Waals surface area contributed by atoms with Crippen molar-refractivity contribution < 1.29 is 9.53 Å². The smallest absolute Gasteiger partial charge is 0.227 e. The average Bonchev–Trinajstić information content (AvgIpc) is 2.48. The predicted octanol–water partition coefficient (Wildman–Crippen LogP) is 1.95. The summed E-state index contributed by atoms with van der Waals surface area (Å²) >= 11 is 0. The summed E-state index contributed by atoms with van der Waals surface area (Å²) in [5.74, 6) is 0.785. The van der Waals surface area contributed by atoms with Crippen molar-refractivity contribution in [1.82, 2.24) is 5.32 Å². The van der Waals surface area contributed by atoms with Gasteiger partial charge in [-0.15, -0.1) is 0 Å². The van der Waals surface area contributed by atoms with E-state index in [1.807, 2.05) is 12.1 Å². The minimum atomic E-state index is 0.0196. The summed E-state index contributed by atoms with van der Waals surface area (Å²) in [7, 11) is 0. The van der Waals surface area contributed by atoms with Crippen LogP contribution in [0.1, 0.15) is 25.8 Å². The van der Waals surface area contributed by atoms with Gasteiger partial charge in [-0.1, -0.05) is 19.9 Å². The lowest BCUT2D eigenvalue weighted by atomic mass is 10.1. The highest BCUT2D eigenvalue weighted by atomic mass is 16.5. The van der Waals surface area contributed by atoms with Crippen molar-refractivity contribution in [2.45, 2.75) is 32.7 Å². The SMILES string of the molecule is CC(C)NCCc1ccc2c(c1)NC(=O)CCO2. The van der Waals surface area contributed by atoms with E-state index in [2.05, 4.69) is 30.5 Å². The second-order valence-electron chi connectivity index (χ2n) is 4.84. The molecule has 18 heavy (non-hydrogen) atoms. The molecule has 0 spiro atoms. The molecule has 4 heteroatoms. The number of benzene rings is 1. The number of carbonyl (C=O) groups excluding carboxylic acids is 1. The Morgan fingerprint density at radius 1 is 1.44 bits per heavy atom. The molecule has 4 nitrogen and oxygen atoms in total. The van der Waals surface area contributed by atoms with Crippen LogP contribution in [0.15, 0.2) is 18.2 Å². The number of rotatable bonds is 4. The largest absolute Gasteiger partial charge is 0.491 e. The summed E-state index contributed by atoms with van der Waals surface area (Å²) < 4.78 is 5.52. The van der Waals surface area contributed by atoms with Crippen molar-refractivity contribution >= 4 is 11.6 Å². The molecular weight excluding hydrogens is 228 g/mol. The van der Waals surface area contributed by atoms with Gasteiger partial charge in [0.1, 0.15) is 5.75 Å². The Hall–Kier alpha value is -1.55. The lowest BCUT2D eigenvalue weighted by molar-refractivity contribution is -0.116. The van der Waals surface area contributed by atoms with Crippen molar-refractivity contribution in [3.63, 3.8) is 0 Å². The number of ether oxygens (including phenoxy) is 1. The van der Waals surface area contributed by atoms with Gasteiger partial charge in [-0.25, -0.2) is 0 Å². The molecule has 1 aliphatic heterocycles. The van der Waals surface area contributed by atoms with E-state index in [0.717, 1.165) is 24.4 Å². The normalized spacial score (nSPS) is 14.7. The summed E-state index contributed by atoms with van der Waals surface area (Å²) in [6.45, 7) is 5.65. The number of hydrogen-bond acceptors (Lipinski definition) is 3. The van der Waals surface area contributed by atoms with Crippen molar-refractivity contribution in [2.75, 3.05) is 18.5 Å². The van der Waals surface area contributed by atoms with Crippen LogP contribution in [0, 0.1) is 0 Å². The summed E-state index contributed by atoms with van der Waals surface area (Å²) in [5, 5.41) is 6.25. The van der Waals surface area contributed by atoms with Crippen LogP contribution in [-0.2, 0) is 11.2 Å². The molecule has 0 saturated heterocycles. The first-order valence-corrected chi connectivity index (χ1v) is 6.44. The molecule has 0 aromatic heterocycles. The average molecular weight is 248 g/mol. The fraction of sp³-hybridized carbons (Fsp3) is 0.500. The van der Waals surface area contributed by atoms with Crippen molar-refractivity contribution in [1.29, 1.82) is 0 Å². The summed E-state index contributed by atoms with van der Waals surface area (Å²) in [5.41, 5.74) is 1.99. The van der Waals surface area contributed by atoms with Crippen LogP contribution in [0.3, 0.4) is 0 Å². The Morgan fingerprint density at radius 2 is 2.28 bits per heavy atom. The molecule has 1 aliphatic rings. The van der Waals surface area contributed by atoms with Crippen molar-refractivity contribution in [3.05, 3.63) is 23.8 Å². The highest BCUT2D eigenvalue weighted by Gasteiger charge is 2.13. The molecule has 0 aliphatic carbocycles. The van der Waals surface area contributed by atoms with Crippen LogP contribution in [0.25, 0.3) is 0 Å². The fourth-order valence-corrected chi connectivity index (χ4v) is 1.93. The second kappa shape index (κ2) is 5.87. The molecule has 2 rings (SSSR count). The van der Waals surface area contributed by atoms with E-state index in [1.54, 1.807) is 0 Å². The highest BCUT2D eigenvalue weighted by Crippen LogP contribution is 2.28. The highest BCUT2D eigenvalue weighted by molar-refractivity contribution is 5.93. The molecule has 0 unspecified atom stereocenters. The third kappa shape index (κ3) is 3.47. The molecule has 0 saturated carbocycles. The minimum Gasteiger partial charge on any atom is -0.491 e. The van der Waals surface area contributed by atoms with Gasteiger partial charge in [0.15, 0.2) is 0 Å². The quantitative estimate of drug-likeness (QED) is 0.856. The number of carbonyl (C=O) groups is 1. The Bertz CT molecular complexity index is 430. The summed E-state index contributed by atoms with van der Waals surface area (Å²) in [4.78, 5) is 11.5. The Kier molecular flexibility index (Phi) is 4.20. The zero-order valence-electron chi connectivity index (χ0n) is 11.0. The van der Waals surface area contributed by atoms with Gasteiger partial charge in [0.2, 0.25) is 5.91 Å². The lowest BCUT2D eigenvalue weighted by Gasteiger charge is -2.11. The maximum Gasteiger partial charge on any atom is 0.227 e. The van der Waals surface area contributed by atoms with Crippen LogP contribution in [0.5, 0.6) is 5.75 Å². The van der Waals surface area contributed by atoms with Crippen LogP contribution in [0.2, 0.25) is 0 Å². The fourth-order valence-electron chi connectivity index (χ4n) is 1.93. The Balaban J connectivity index is 2.03. The van der Waals surface area contributed by atoms with Gasteiger partial charge in [-0.3, -0.25) is 4.79 Å². The zero-order valence-corrected chi connectivity index (χ0v) is 11.0.